The Labute approximate surface area is 164 Å². The van der Waals surface area contributed by atoms with Gasteiger partial charge < -0.3 is 18.6 Å². The summed E-state index contributed by atoms with van der Waals surface area (Å²) in [5, 5.41) is 0. The molecule has 2 aromatic carbocycles. The van der Waals surface area contributed by atoms with Crippen LogP contribution in [0.2, 0.25) is 0 Å². The summed E-state index contributed by atoms with van der Waals surface area (Å²) in [6.45, 7) is 6.57. The van der Waals surface area contributed by atoms with E-state index in [1.54, 1.807) is 25.1 Å². The minimum absolute atomic E-state index is 0.0260. The Morgan fingerprint density at radius 1 is 1.00 bits per heavy atom. The second kappa shape index (κ2) is 9.08. The lowest BCUT2D eigenvalue weighted by Gasteiger charge is -2.12. The third-order valence-electron chi connectivity index (χ3n) is 4.03. The topological polar surface area (TPSA) is 70.8 Å². The van der Waals surface area contributed by atoms with Crippen molar-refractivity contribution in [3.8, 4) is 23.0 Å². The highest BCUT2D eigenvalue weighted by molar-refractivity contribution is 5.90. The number of aryl methyl sites for hydroxylation is 1. The van der Waals surface area contributed by atoms with Crippen LogP contribution in [-0.2, 0) is 11.3 Å². The van der Waals surface area contributed by atoms with Gasteiger partial charge >= 0.3 is 5.97 Å². The monoisotopic (exact) mass is 381 g/mol. The molecule has 0 saturated heterocycles. The van der Waals surface area contributed by atoms with Gasteiger partial charge in [-0.15, -0.1) is 0 Å². The number of aromatic nitrogens is 1. The van der Waals surface area contributed by atoms with Crippen molar-refractivity contribution in [1.29, 1.82) is 0 Å². The molecule has 1 aromatic heterocycles. The second-order valence-corrected chi connectivity index (χ2v) is 5.99. The van der Waals surface area contributed by atoms with Crippen molar-refractivity contribution < 1.29 is 23.4 Å². The van der Waals surface area contributed by atoms with E-state index >= 15 is 0 Å². The maximum absolute atomic E-state index is 12.5. The number of esters is 1. The van der Waals surface area contributed by atoms with E-state index in [1.165, 1.54) is 0 Å². The molecule has 0 aliphatic carbocycles. The number of carbonyl (C=O) groups is 1. The fourth-order valence-corrected chi connectivity index (χ4v) is 2.66. The van der Waals surface area contributed by atoms with Crippen molar-refractivity contribution in [3.05, 3.63) is 65.5 Å². The highest BCUT2D eigenvalue weighted by Gasteiger charge is 2.16. The van der Waals surface area contributed by atoms with Gasteiger partial charge in [0.15, 0.2) is 11.5 Å². The highest BCUT2D eigenvalue weighted by atomic mass is 16.5. The normalized spacial score (nSPS) is 10.5. The molecule has 3 rings (SSSR count). The SMILES string of the molecule is CCOc1ccc(C(=O)OCc2nc(-c3ccccc3)oc2C)cc1OCC. The van der Waals surface area contributed by atoms with E-state index < -0.39 is 5.97 Å². The average Bonchev–Trinajstić information content (AvgIpc) is 3.09. The zero-order valence-corrected chi connectivity index (χ0v) is 16.2. The zero-order chi connectivity index (χ0) is 19.9. The molecular weight excluding hydrogens is 358 g/mol. The van der Waals surface area contributed by atoms with Gasteiger partial charge in [0.2, 0.25) is 5.89 Å². The smallest absolute Gasteiger partial charge is 0.338 e. The van der Waals surface area contributed by atoms with Crippen LogP contribution in [0.3, 0.4) is 0 Å². The van der Waals surface area contributed by atoms with Gasteiger partial charge in [-0.1, -0.05) is 18.2 Å². The standard InChI is InChI=1S/C22H23NO5/c1-4-25-19-12-11-17(13-20(19)26-5-2)22(24)27-14-18-15(3)28-21(23-18)16-9-7-6-8-10-16/h6-13H,4-5,14H2,1-3H3. The van der Waals surface area contributed by atoms with Crippen LogP contribution >= 0.6 is 0 Å². The Hall–Kier alpha value is -3.28. The molecule has 0 N–H and O–H groups in total. The first-order valence-electron chi connectivity index (χ1n) is 9.20. The molecule has 6 heteroatoms. The third kappa shape index (κ3) is 4.52. The Kier molecular flexibility index (Phi) is 6.32. The minimum Gasteiger partial charge on any atom is -0.490 e. The minimum atomic E-state index is -0.465. The summed E-state index contributed by atoms with van der Waals surface area (Å²) in [7, 11) is 0. The van der Waals surface area contributed by atoms with Gasteiger partial charge in [0, 0.05) is 5.56 Å². The lowest BCUT2D eigenvalue weighted by Crippen LogP contribution is -2.07. The third-order valence-corrected chi connectivity index (χ3v) is 4.03. The Morgan fingerprint density at radius 3 is 2.43 bits per heavy atom. The van der Waals surface area contributed by atoms with Crippen LogP contribution in [0.1, 0.15) is 35.7 Å². The Morgan fingerprint density at radius 2 is 1.71 bits per heavy atom. The van der Waals surface area contributed by atoms with Crippen LogP contribution < -0.4 is 9.47 Å². The number of oxazole rings is 1. The van der Waals surface area contributed by atoms with E-state index in [2.05, 4.69) is 4.98 Å². The van der Waals surface area contributed by atoms with E-state index in [9.17, 15) is 4.79 Å². The summed E-state index contributed by atoms with van der Waals surface area (Å²) in [5.74, 6) is 1.77. The lowest BCUT2D eigenvalue weighted by molar-refractivity contribution is 0.0466. The highest BCUT2D eigenvalue weighted by Crippen LogP contribution is 2.29. The Bertz CT molecular complexity index is 933. The van der Waals surface area contributed by atoms with Crippen LogP contribution in [-0.4, -0.2) is 24.2 Å². The maximum atomic E-state index is 12.5. The molecule has 0 fully saturated rings. The summed E-state index contributed by atoms with van der Waals surface area (Å²) in [5.41, 5.74) is 1.84. The van der Waals surface area contributed by atoms with Crippen molar-refractivity contribution in [2.45, 2.75) is 27.4 Å². The van der Waals surface area contributed by atoms with Crippen LogP contribution in [0.15, 0.2) is 52.9 Å². The van der Waals surface area contributed by atoms with Gasteiger partial charge in [0.05, 0.1) is 18.8 Å². The molecule has 6 nitrogen and oxygen atoms in total. The maximum Gasteiger partial charge on any atom is 0.338 e. The first-order valence-corrected chi connectivity index (χ1v) is 9.20. The van der Waals surface area contributed by atoms with E-state index in [0.717, 1.165) is 5.56 Å². The lowest BCUT2D eigenvalue weighted by atomic mass is 10.2. The molecule has 0 saturated carbocycles. The van der Waals surface area contributed by atoms with Gasteiger partial charge in [0.25, 0.3) is 0 Å². The largest absolute Gasteiger partial charge is 0.490 e. The number of hydrogen-bond donors (Lipinski definition) is 0. The molecule has 3 aromatic rings. The molecule has 0 bridgehead atoms. The van der Waals surface area contributed by atoms with Crippen LogP contribution in [0.5, 0.6) is 11.5 Å². The molecule has 1 heterocycles. The number of hydrogen-bond acceptors (Lipinski definition) is 6. The van der Waals surface area contributed by atoms with Crippen LogP contribution in [0.4, 0.5) is 0 Å². The quantitative estimate of drug-likeness (QED) is 0.522. The summed E-state index contributed by atoms with van der Waals surface area (Å²) < 4.78 is 22.2. The summed E-state index contributed by atoms with van der Waals surface area (Å²) in [4.78, 5) is 16.9. The molecule has 0 radical (unpaired) electrons. The number of carbonyl (C=O) groups excluding carboxylic acids is 1. The molecule has 0 unspecified atom stereocenters. The van der Waals surface area contributed by atoms with Crippen molar-refractivity contribution in [1.82, 2.24) is 4.98 Å². The van der Waals surface area contributed by atoms with Crippen LogP contribution in [0, 0.1) is 6.92 Å². The van der Waals surface area contributed by atoms with Gasteiger partial charge in [-0.3, -0.25) is 0 Å². The molecule has 146 valence electrons. The van der Waals surface area contributed by atoms with Gasteiger partial charge in [-0.2, -0.15) is 0 Å². The van der Waals surface area contributed by atoms with Gasteiger partial charge in [0.1, 0.15) is 18.1 Å². The van der Waals surface area contributed by atoms with Crippen molar-refractivity contribution >= 4 is 5.97 Å². The number of benzene rings is 2. The number of ether oxygens (including phenoxy) is 3. The average molecular weight is 381 g/mol. The number of nitrogens with zero attached hydrogens (tertiary/aromatic N) is 1. The predicted molar refractivity (Wildman–Crippen MR) is 105 cm³/mol. The molecule has 0 spiro atoms. The molecular formula is C22H23NO5. The van der Waals surface area contributed by atoms with Gasteiger partial charge in [-0.25, -0.2) is 9.78 Å². The van der Waals surface area contributed by atoms with E-state index in [0.29, 0.717) is 47.6 Å². The predicted octanol–water partition coefficient (Wildman–Crippen LogP) is 4.80. The molecule has 0 atom stereocenters. The molecule has 0 aliphatic heterocycles. The summed E-state index contributed by atoms with van der Waals surface area (Å²) in [6.07, 6.45) is 0. The molecule has 0 amide bonds. The fourth-order valence-electron chi connectivity index (χ4n) is 2.66. The van der Waals surface area contributed by atoms with Crippen molar-refractivity contribution in [3.63, 3.8) is 0 Å². The first-order chi connectivity index (χ1) is 13.6. The van der Waals surface area contributed by atoms with Crippen LogP contribution in [0.25, 0.3) is 11.5 Å². The molecule has 0 aliphatic rings. The van der Waals surface area contributed by atoms with Gasteiger partial charge in [-0.05, 0) is 51.1 Å². The van der Waals surface area contributed by atoms with E-state index in [4.69, 9.17) is 18.6 Å². The molecule has 28 heavy (non-hydrogen) atoms. The van der Waals surface area contributed by atoms with Crippen molar-refractivity contribution in [2.75, 3.05) is 13.2 Å². The van der Waals surface area contributed by atoms with E-state index in [-0.39, 0.29) is 6.61 Å². The second-order valence-electron chi connectivity index (χ2n) is 5.99. The summed E-state index contributed by atoms with van der Waals surface area (Å²) >= 11 is 0. The zero-order valence-electron chi connectivity index (χ0n) is 16.2. The summed E-state index contributed by atoms with van der Waals surface area (Å²) in [6, 6.07) is 14.6. The first kappa shape index (κ1) is 19.5. The fraction of sp³-hybridized carbons (Fsp3) is 0.273. The number of rotatable bonds is 8. The van der Waals surface area contributed by atoms with E-state index in [1.807, 2.05) is 44.2 Å². The van der Waals surface area contributed by atoms with Crippen molar-refractivity contribution in [2.24, 2.45) is 0 Å². The Balaban J connectivity index is 1.70.